The van der Waals surface area contributed by atoms with Gasteiger partial charge in [0.25, 0.3) is 5.91 Å². The van der Waals surface area contributed by atoms with E-state index in [4.69, 9.17) is 4.74 Å². The first-order valence-corrected chi connectivity index (χ1v) is 14.8. The number of ether oxygens (including phenoxy) is 1. The largest absolute Gasteiger partial charge is 0.492 e. The first kappa shape index (κ1) is 28.8. The van der Waals surface area contributed by atoms with Crippen LogP contribution in [0.2, 0.25) is 0 Å². The van der Waals surface area contributed by atoms with Crippen molar-refractivity contribution in [2.75, 3.05) is 57.3 Å². The van der Waals surface area contributed by atoms with Crippen LogP contribution in [0, 0.1) is 0 Å². The van der Waals surface area contributed by atoms with E-state index in [1.165, 1.54) is 12.8 Å². The van der Waals surface area contributed by atoms with Gasteiger partial charge in [-0.3, -0.25) is 24.4 Å². The van der Waals surface area contributed by atoms with Crippen molar-refractivity contribution >= 4 is 17.5 Å². The summed E-state index contributed by atoms with van der Waals surface area (Å²) >= 11 is 0. The second-order valence-electron chi connectivity index (χ2n) is 10.9. The van der Waals surface area contributed by atoms with Crippen molar-refractivity contribution in [1.29, 1.82) is 0 Å². The van der Waals surface area contributed by atoms with Gasteiger partial charge in [0.15, 0.2) is 0 Å². The Hall–Kier alpha value is -3.75. The maximum absolute atomic E-state index is 14.0. The van der Waals surface area contributed by atoms with Crippen molar-refractivity contribution in [2.45, 2.75) is 39.3 Å². The second kappa shape index (κ2) is 14.2. The number of fused-ring (bicyclic) bond motifs is 1. The van der Waals surface area contributed by atoms with E-state index in [0.717, 1.165) is 49.5 Å². The number of para-hydroxylation sites is 1. The van der Waals surface area contributed by atoms with E-state index in [2.05, 4.69) is 14.8 Å². The van der Waals surface area contributed by atoms with Crippen LogP contribution in [0.1, 0.15) is 47.8 Å². The van der Waals surface area contributed by atoms with Crippen molar-refractivity contribution in [3.05, 3.63) is 89.7 Å². The molecule has 0 unspecified atom stereocenters. The van der Waals surface area contributed by atoms with Crippen molar-refractivity contribution in [1.82, 2.24) is 19.7 Å². The molecule has 2 aliphatic rings. The number of hydrogen-bond acceptors (Lipinski definition) is 6. The Morgan fingerprint density at radius 3 is 2.44 bits per heavy atom. The Kier molecular flexibility index (Phi) is 9.99. The Labute approximate surface area is 243 Å². The lowest BCUT2D eigenvalue weighted by Gasteiger charge is -2.28. The van der Waals surface area contributed by atoms with Crippen molar-refractivity contribution < 1.29 is 14.3 Å². The van der Waals surface area contributed by atoms with Gasteiger partial charge in [0.1, 0.15) is 12.4 Å². The first-order valence-electron chi connectivity index (χ1n) is 14.8. The van der Waals surface area contributed by atoms with Gasteiger partial charge in [0.2, 0.25) is 5.91 Å². The van der Waals surface area contributed by atoms with Gasteiger partial charge in [-0.1, -0.05) is 30.3 Å². The van der Waals surface area contributed by atoms with Crippen molar-refractivity contribution in [2.24, 2.45) is 0 Å². The average molecular weight is 556 g/mol. The highest BCUT2D eigenvalue weighted by Gasteiger charge is 2.23. The molecule has 0 N–H and O–H groups in total. The average Bonchev–Trinajstić information content (AvgIpc) is 3.50. The van der Waals surface area contributed by atoms with E-state index < -0.39 is 0 Å². The molecular formula is C33H41N5O3. The third-order valence-electron chi connectivity index (χ3n) is 7.92. The number of aromatic nitrogens is 1. The lowest BCUT2D eigenvalue weighted by atomic mass is 10.1. The Bertz CT molecular complexity index is 1290. The monoisotopic (exact) mass is 555 g/mol. The zero-order chi connectivity index (χ0) is 28.4. The van der Waals surface area contributed by atoms with Gasteiger partial charge in [-0.05, 0) is 74.3 Å². The summed E-state index contributed by atoms with van der Waals surface area (Å²) in [6.45, 7) is 9.18. The van der Waals surface area contributed by atoms with Crippen LogP contribution < -0.4 is 9.64 Å². The lowest BCUT2D eigenvalue weighted by molar-refractivity contribution is -0.116. The molecule has 1 aromatic heterocycles. The summed E-state index contributed by atoms with van der Waals surface area (Å²) in [6.07, 6.45) is 5.15. The van der Waals surface area contributed by atoms with Gasteiger partial charge >= 0.3 is 0 Å². The van der Waals surface area contributed by atoms with Crippen LogP contribution >= 0.6 is 0 Å². The zero-order valence-electron chi connectivity index (χ0n) is 24.1. The summed E-state index contributed by atoms with van der Waals surface area (Å²) in [4.78, 5) is 39.8. The summed E-state index contributed by atoms with van der Waals surface area (Å²) in [5, 5.41) is 0. The van der Waals surface area contributed by atoms with Gasteiger partial charge in [-0.25, -0.2) is 0 Å². The highest BCUT2D eigenvalue weighted by molar-refractivity contribution is 5.95. The SMILES string of the molecule is CC(=O)N1CCCN(Cc2ccccn2)CCN(C(=O)c2cccc(OCCN3CCCC3)c2)Cc2ccccc21. The summed E-state index contributed by atoms with van der Waals surface area (Å²) < 4.78 is 6.05. The predicted octanol–water partition coefficient (Wildman–Crippen LogP) is 4.46. The minimum atomic E-state index is -0.0452. The fourth-order valence-corrected chi connectivity index (χ4v) is 5.72. The molecule has 8 heteroatoms. The Morgan fingerprint density at radius 2 is 1.63 bits per heavy atom. The Morgan fingerprint density at radius 1 is 0.829 bits per heavy atom. The molecule has 0 saturated carbocycles. The molecule has 0 atom stereocenters. The quantitative estimate of drug-likeness (QED) is 0.429. The first-order chi connectivity index (χ1) is 20.1. The van der Waals surface area contributed by atoms with Crippen LogP contribution in [0.15, 0.2) is 72.9 Å². The smallest absolute Gasteiger partial charge is 0.254 e. The fourth-order valence-electron chi connectivity index (χ4n) is 5.72. The van der Waals surface area contributed by atoms with E-state index >= 15 is 0 Å². The number of nitrogens with zero attached hydrogens (tertiary/aromatic N) is 5. The number of pyridine rings is 1. The Balaban J connectivity index is 1.37. The second-order valence-corrected chi connectivity index (χ2v) is 10.9. The van der Waals surface area contributed by atoms with Crippen LogP contribution in [-0.2, 0) is 17.9 Å². The molecular weight excluding hydrogens is 514 g/mol. The van der Waals surface area contributed by atoms with Crippen LogP contribution in [0.3, 0.4) is 0 Å². The van der Waals surface area contributed by atoms with E-state index in [-0.39, 0.29) is 11.8 Å². The number of rotatable bonds is 7. The third kappa shape index (κ3) is 7.93. The summed E-state index contributed by atoms with van der Waals surface area (Å²) in [5.41, 5.74) is 3.43. The number of hydrogen-bond donors (Lipinski definition) is 0. The molecule has 5 rings (SSSR count). The molecule has 2 amide bonds. The maximum atomic E-state index is 14.0. The molecule has 2 aliphatic heterocycles. The summed E-state index contributed by atoms with van der Waals surface area (Å²) in [7, 11) is 0. The lowest BCUT2D eigenvalue weighted by Crippen LogP contribution is -2.38. The number of amides is 2. The van der Waals surface area contributed by atoms with E-state index in [0.29, 0.717) is 50.6 Å². The molecule has 0 aliphatic carbocycles. The van der Waals surface area contributed by atoms with Crippen LogP contribution in [0.4, 0.5) is 5.69 Å². The standard InChI is InChI=1S/C33H41N5O3/c1-27(39)38-19-9-18-36(26-30-12-4-5-15-34-30)20-21-37(25-29-10-2-3-14-32(29)38)33(40)28-11-8-13-31(24-28)41-23-22-35-16-6-7-17-35/h2-5,8,10-15,24H,6-7,9,16-23,25-26H2,1H3. The number of anilines is 1. The predicted molar refractivity (Wildman–Crippen MR) is 161 cm³/mol. The molecule has 216 valence electrons. The number of benzene rings is 2. The number of carbonyl (C=O) groups excluding carboxylic acids is 2. The van der Waals surface area contributed by atoms with Crippen LogP contribution in [-0.4, -0.2) is 83.9 Å². The maximum Gasteiger partial charge on any atom is 0.254 e. The normalized spacial score (nSPS) is 17.1. The molecule has 0 spiro atoms. The highest BCUT2D eigenvalue weighted by Crippen LogP contribution is 2.25. The summed E-state index contributed by atoms with van der Waals surface area (Å²) in [5.74, 6) is 0.675. The van der Waals surface area contributed by atoms with E-state index in [9.17, 15) is 9.59 Å². The van der Waals surface area contributed by atoms with Crippen molar-refractivity contribution in [3.8, 4) is 5.75 Å². The van der Waals surface area contributed by atoms with Crippen LogP contribution in [0.5, 0.6) is 5.75 Å². The minimum absolute atomic E-state index is 0.00429. The van der Waals surface area contributed by atoms with Gasteiger partial charge in [-0.15, -0.1) is 0 Å². The molecule has 3 heterocycles. The van der Waals surface area contributed by atoms with Gasteiger partial charge in [0.05, 0.1) is 5.69 Å². The van der Waals surface area contributed by atoms with Crippen LogP contribution in [0.25, 0.3) is 0 Å². The van der Waals surface area contributed by atoms with E-state index in [1.54, 1.807) is 6.92 Å². The molecule has 3 aromatic rings. The van der Waals surface area contributed by atoms with Gasteiger partial charge < -0.3 is 14.5 Å². The third-order valence-corrected chi connectivity index (χ3v) is 7.92. The zero-order valence-corrected chi connectivity index (χ0v) is 24.1. The van der Waals surface area contributed by atoms with E-state index in [1.807, 2.05) is 82.7 Å². The van der Waals surface area contributed by atoms with Crippen molar-refractivity contribution in [3.63, 3.8) is 0 Å². The minimum Gasteiger partial charge on any atom is -0.492 e. The molecule has 8 nitrogen and oxygen atoms in total. The molecule has 1 saturated heterocycles. The molecule has 2 aromatic carbocycles. The fraction of sp³-hybridized carbons (Fsp3) is 0.424. The summed E-state index contributed by atoms with van der Waals surface area (Å²) in [6, 6.07) is 21.4. The number of likely N-dealkylation sites (tertiary alicyclic amines) is 1. The molecule has 0 bridgehead atoms. The molecule has 41 heavy (non-hydrogen) atoms. The molecule has 0 radical (unpaired) electrons. The topological polar surface area (TPSA) is 69.2 Å². The van der Waals surface area contributed by atoms with Gasteiger partial charge in [-0.2, -0.15) is 0 Å². The molecule has 1 fully saturated rings. The number of carbonyl (C=O) groups is 2. The highest BCUT2D eigenvalue weighted by atomic mass is 16.5. The van der Waals surface area contributed by atoms with Gasteiger partial charge in [0, 0.05) is 70.2 Å².